The Bertz CT molecular complexity index is 744. The average molecular weight is 327 g/mol. The van der Waals surface area contributed by atoms with Crippen molar-refractivity contribution in [3.05, 3.63) is 59.7 Å². The van der Waals surface area contributed by atoms with Crippen LogP contribution in [0.2, 0.25) is 0 Å². The number of carboxylic acids is 1. The van der Waals surface area contributed by atoms with E-state index in [1.165, 1.54) is 0 Å². The quantitative estimate of drug-likeness (QED) is 0.881. The van der Waals surface area contributed by atoms with E-state index < -0.39 is 12.0 Å². The van der Waals surface area contributed by atoms with E-state index in [1.54, 1.807) is 42.5 Å². The number of benzene rings is 2. The molecule has 0 radical (unpaired) electrons. The normalized spacial score (nSPS) is 13.8. The first-order valence-electron chi connectivity index (χ1n) is 7.61. The second kappa shape index (κ2) is 7.04. The van der Waals surface area contributed by atoms with E-state index >= 15 is 0 Å². The number of aliphatic carboxylic acids is 1. The molecule has 0 aliphatic carbocycles. The molecule has 2 aromatic rings. The molecule has 24 heavy (non-hydrogen) atoms. The van der Waals surface area contributed by atoms with Crippen LogP contribution in [0.1, 0.15) is 28.4 Å². The summed E-state index contributed by atoms with van der Waals surface area (Å²) in [6, 6.07) is 13.3. The zero-order chi connectivity index (χ0) is 16.9. The zero-order valence-corrected chi connectivity index (χ0v) is 12.9. The molecule has 3 rings (SSSR count). The summed E-state index contributed by atoms with van der Waals surface area (Å²) >= 11 is 0. The van der Waals surface area contributed by atoms with Gasteiger partial charge in [0.1, 0.15) is 13.2 Å². The molecule has 124 valence electrons. The third kappa shape index (κ3) is 3.65. The van der Waals surface area contributed by atoms with E-state index in [0.29, 0.717) is 30.3 Å². The molecule has 0 saturated heterocycles. The second-order valence-electron chi connectivity index (χ2n) is 5.39. The summed E-state index contributed by atoms with van der Waals surface area (Å²) in [5.41, 5.74) is 1.14. The van der Waals surface area contributed by atoms with Crippen molar-refractivity contribution in [1.82, 2.24) is 5.32 Å². The number of nitrogens with one attached hydrogen (secondary N) is 1. The fourth-order valence-corrected chi connectivity index (χ4v) is 2.54. The van der Waals surface area contributed by atoms with E-state index in [0.717, 1.165) is 5.56 Å². The molecule has 0 spiro atoms. The van der Waals surface area contributed by atoms with Gasteiger partial charge in [-0.3, -0.25) is 9.59 Å². The number of rotatable bonds is 5. The van der Waals surface area contributed by atoms with Crippen molar-refractivity contribution in [2.45, 2.75) is 12.5 Å². The van der Waals surface area contributed by atoms with E-state index in [1.807, 2.05) is 6.07 Å². The molecule has 6 heteroatoms. The number of carbonyl (C=O) groups is 2. The van der Waals surface area contributed by atoms with Crippen LogP contribution in [0.25, 0.3) is 0 Å². The maximum atomic E-state index is 12.5. The van der Waals surface area contributed by atoms with Gasteiger partial charge < -0.3 is 19.9 Å². The van der Waals surface area contributed by atoms with Crippen LogP contribution >= 0.6 is 0 Å². The highest BCUT2D eigenvalue weighted by molar-refractivity contribution is 5.95. The fraction of sp³-hybridized carbons (Fsp3) is 0.222. The van der Waals surface area contributed by atoms with E-state index in [2.05, 4.69) is 5.32 Å². The van der Waals surface area contributed by atoms with Crippen molar-refractivity contribution in [2.24, 2.45) is 0 Å². The molecule has 6 nitrogen and oxygen atoms in total. The Hall–Kier alpha value is -3.02. The Morgan fingerprint density at radius 2 is 1.75 bits per heavy atom. The summed E-state index contributed by atoms with van der Waals surface area (Å²) in [4.78, 5) is 23.6. The van der Waals surface area contributed by atoms with Crippen molar-refractivity contribution < 1.29 is 24.2 Å². The Balaban J connectivity index is 1.79. The van der Waals surface area contributed by atoms with Crippen LogP contribution in [0, 0.1) is 0 Å². The topological polar surface area (TPSA) is 84.9 Å². The number of amides is 1. The SMILES string of the molecule is O=C(O)CC(NC(=O)c1ccc2c(c1)OCCO2)c1ccccc1. The van der Waals surface area contributed by atoms with Crippen molar-refractivity contribution >= 4 is 11.9 Å². The third-order valence-electron chi connectivity index (χ3n) is 3.69. The van der Waals surface area contributed by atoms with Crippen LogP contribution in [0.4, 0.5) is 0 Å². The van der Waals surface area contributed by atoms with Gasteiger partial charge in [0.2, 0.25) is 0 Å². The van der Waals surface area contributed by atoms with Gasteiger partial charge in [-0.25, -0.2) is 0 Å². The van der Waals surface area contributed by atoms with E-state index in [4.69, 9.17) is 14.6 Å². The fourth-order valence-electron chi connectivity index (χ4n) is 2.54. The van der Waals surface area contributed by atoms with Gasteiger partial charge in [0.05, 0.1) is 12.5 Å². The van der Waals surface area contributed by atoms with Crippen molar-refractivity contribution in [2.75, 3.05) is 13.2 Å². The molecule has 1 atom stereocenters. The van der Waals surface area contributed by atoms with Crippen LogP contribution in [0.15, 0.2) is 48.5 Å². The molecule has 0 fully saturated rings. The first-order chi connectivity index (χ1) is 11.6. The number of carbonyl (C=O) groups excluding carboxylic acids is 1. The van der Waals surface area contributed by atoms with Crippen molar-refractivity contribution in [3.63, 3.8) is 0 Å². The van der Waals surface area contributed by atoms with Gasteiger partial charge in [-0.1, -0.05) is 30.3 Å². The van der Waals surface area contributed by atoms with Gasteiger partial charge in [0.15, 0.2) is 11.5 Å². The molecule has 2 N–H and O–H groups in total. The monoisotopic (exact) mass is 327 g/mol. The highest BCUT2D eigenvalue weighted by Crippen LogP contribution is 2.31. The Labute approximate surface area is 139 Å². The molecule has 0 bridgehead atoms. The molecular formula is C18H17NO5. The predicted octanol–water partition coefficient (Wildman–Crippen LogP) is 2.40. The standard InChI is InChI=1S/C18H17NO5/c20-17(21)11-14(12-4-2-1-3-5-12)19-18(22)13-6-7-15-16(10-13)24-9-8-23-15/h1-7,10,14H,8-9,11H2,(H,19,22)(H,20,21). The van der Waals surface area contributed by atoms with Gasteiger partial charge in [0, 0.05) is 5.56 Å². The van der Waals surface area contributed by atoms with Crippen molar-refractivity contribution in [3.8, 4) is 11.5 Å². The minimum atomic E-state index is -0.980. The van der Waals surface area contributed by atoms with E-state index in [-0.39, 0.29) is 12.3 Å². The summed E-state index contributed by atoms with van der Waals surface area (Å²) in [5, 5.41) is 11.9. The minimum absolute atomic E-state index is 0.194. The first kappa shape index (κ1) is 15.9. The lowest BCUT2D eigenvalue weighted by atomic mass is 10.0. The van der Waals surface area contributed by atoms with E-state index in [9.17, 15) is 9.59 Å². The number of hydrogen-bond acceptors (Lipinski definition) is 4. The molecule has 0 aromatic heterocycles. The summed E-state index contributed by atoms with van der Waals surface area (Å²) in [6.45, 7) is 0.914. The van der Waals surface area contributed by atoms with Gasteiger partial charge >= 0.3 is 5.97 Å². The minimum Gasteiger partial charge on any atom is -0.486 e. The maximum absolute atomic E-state index is 12.5. The van der Waals surface area contributed by atoms with Gasteiger partial charge in [-0.2, -0.15) is 0 Å². The third-order valence-corrected chi connectivity index (χ3v) is 3.69. The molecular weight excluding hydrogens is 310 g/mol. The summed E-state index contributed by atoms with van der Waals surface area (Å²) in [6.07, 6.45) is -0.194. The number of ether oxygens (including phenoxy) is 2. The molecule has 1 heterocycles. The van der Waals surface area contributed by atoms with Crippen LogP contribution in [0.5, 0.6) is 11.5 Å². The molecule has 0 saturated carbocycles. The Morgan fingerprint density at radius 1 is 1.04 bits per heavy atom. The van der Waals surface area contributed by atoms with Gasteiger partial charge in [0.25, 0.3) is 5.91 Å². The largest absolute Gasteiger partial charge is 0.486 e. The van der Waals surface area contributed by atoms with Crippen LogP contribution in [0.3, 0.4) is 0 Å². The van der Waals surface area contributed by atoms with Crippen LogP contribution in [-0.4, -0.2) is 30.2 Å². The van der Waals surface area contributed by atoms with Crippen molar-refractivity contribution in [1.29, 1.82) is 0 Å². The molecule has 1 aliphatic rings. The highest BCUT2D eigenvalue weighted by Gasteiger charge is 2.20. The number of hydrogen-bond donors (Lipinski definition) is 2. The lowest BCUT2D eigenvalue weighted by Gasteiger charge is -2.20. The number of fused-ring (bicyclic) bond motifs is 1. The lowest BCUT2D eigenvalue weighted by molar-refractivity contribution is -0.137. The Morgan fingerprint density at radius 3 is 2.46 bits per heavy atom. The summed E-state index contributed by atoms with van der Waals surface area (Å²) < 4.78 is 10.9. The zero-order valence-electron chi connectivity index (χ0n) is 12.9. The predicted molar refractivity (Wildman–Crippen MR) is 86.3 cm³/mol. The summed E-state index contributed by atoms with van der Waals surface area (Å²) in [5.74, 6) is -0.222. The molecule has 1 aliphatic heterocycles. The summed E-state index contributed by atoms with van der Waals surface area (Å²) in [7, 11) is 0. The smallest absolute Gasteiger partial charge is 0.305 e. The van der Waals surface area contributed by atoms with Gasteiger partial charge in [-0.05, 0) is 23.8 Å². The highest BCUT2D eigenvalue weighted by atomic mass is 16.6. The lowest BCUT2D eigenvalue weighted by Crippen LogP contribution is -2.30. The molecule has 1 unspecified atom stereocenters. The maximum Gasteiger partial charge on any atom is 0.305 e. The molecule has 2 aromatic carbocycles. The second-order valence-corrected chi connectivity index (χ2v) is 5.39. The first-order valence-corrected chi connectivity index (χ1v) is 7.61. The molecule has 1 amide bonds. The number of carboxylic acid groups (broad SMARTS) is 1. The van der Waals surface area contributed by atoms with Gasteiger partial charge in [-0.15, -0.1) is 0 Å². The van der Waals surface area contributed by atoms with Crippen LogP contribution < -0.4 is 14.8 Å². The van der Waals surface area contributed by atoms with Crippen LogP contribution in [-0.2, 0) is 4.79 Å². The average Bonchev–Trinajstić information content (AvgIpc) is 2.61. The Kier molecular flexibility index (Phi) is 4.65.